The maximum absolute atomic E-state index is 8.66. The fraction of sp³-hybridized carbons (Fsp3) is 0.286. The average Bonchev–Trinajstić information content (AvgIpc) is 2.49. The van der Waals surface area contributed by atoms with Gasteiger partial charge in [0.2, 0.25) is 0 Å². The quantitative estimate of drug-likeness (QED) is 0.342. The van der Waals surface area contributed by atoms with Crippen molar-refractivity contribution in [2.45, 2.75) is 25.8 Å². The van der Waals surface area contributed by atoms with Crippen LogP contribution in [-0.4, -0.2) is 22.1 Å². The van der Waals surface area contributed by atoms with E-state index in [2.05, 4.69) is 15.5 Å². The fourth-order valence-corrected chi connectivity index (χ4v) is 2.28. The van der Waals surface area contributed by atoms with Crippen LogP contribution in [0, 0.1) is 0 Å². The molecule has 2 aromatic rings. The molecule has 106 valence electrons. The van der Waals surface area contributed by atoms with Gasteiger partial charge in [-0.15, -0.1) is 0 Å². The van der Waals surface area contributed by atoms with Crippen molar-refractivity contribution in [1.82, 2.24) is 4.98 Å². The summed E-state index contributed by atoms with van der Waals surface area (Å²) in [4.78, 5) is 4.37. The molecule has 1 unspecified atom stereocenters. The monoisotopic (exact) mass is 292 g/mol. The Morgan fingerprint density at radius 2 is 2.30 bits per heavy atom. The van der Waals surface area contributed by atoms with Crippen molar-refractivity contribution < 1.29 is 5.21 Å². The van der Waals surface area contributed by atoms with Crippen molar-refractivity contribution in [2.75, 3.05) is 5.32 Å². The summed E-state index contributed by atoms with van der Waals surface area (Å²) in [5, 5.41) is 16.6. The normalized spacial score (nSPS) is 13.4. The molecular weight excluding hydrogens is 276 g/mol. The Balaban J connectivity index is 2.31. The Bertz CT molecular complexity index is 630. The SMILES string of the molecule is CCC(C/C(N)=N/O)Nc1ccc(Cl)c2cccnc12. The van der Waals surface area contributed by atoms with Gasteiger partial charge in [-0.3, -0.25) is 4.98 Å². The van der Waals surface area contributed by atoms with Crippen LogP contribution in [0.25, 0.3) is 10.9 Å². The number of rotatable bonds is 5. The maximum atomic E-state index is 8.66. The summed E-state index contributed by atoms with van der Waals surface area (Å²) in [5.74, 6) is 0.204. The third kappa shape index (κ3) is 3.11. The predicted molar refractivity (Wildman–Crippen MR) is 82.5 cm³/mol. The van der Waals surface area contributed by atoms with E-state index in [1.165, 1.54) is 0 Å². The van der Waals surface area contributed by atoms with E-state index < -0.39 is 0 Å². The van der Waals surface area contributed by atoms with Gasteiger partial charge in [-0.1, -0.05) is 23.7 Å². The number of nitrogens with zero attached hydrogens (tertiary/aromatic N) is 2. The number of nitrogens with one attached hydrogen (secondary N) is 1. The Morgan fingerprint density at radius 3 is 3.00 bits per heavy atom. The first-order valence-electron chi connectivity index (χ1n) is 6.41. The third-order valence-corrected chi connectivity index (χ3v) is 3.48. The highest BCUT2D eigenvalue weighted by Gasteiger charge is 2.12. The number of hydrogen-bond donors (Lipinski definition) is 3. The second-order valence-corrected chi connectivity index (χ2v) is 4.95. The molecule has 20 heavy (non-hydrogen) atoms. The molecule has 0 bridgehead atoms. The van der Waals surface area contributed by atoms with E-state index in [1.807, 2.05) is 31.2 Å². The van der Waals surface area contributed by atoms with E-state index in [-0.39, 0.29) is 11.9 Å². The molecule has 1 aromatic heterocycles. The highest BCUT2D eigenvalue weighted by Crippen LogP contribution is 2.28. The molecule has 1 aromatic carbocycles. The van der Waals surface area contributed by atoms with Gasteiger partial charge in [0, 0.05) is 24.0 Å². The van der Waals surface area contributed by atoms with Crippen LogP contribution in [0.2, 0.25) is 5.02 Å². The molecular formula is C14H17ClN4O. The molecule has 6 heteroatoms. The van der Waals surface area contributed by atoms with Crippen molar-refractivity contribution in [2.24, 2.45) is 10.9 Å². The highest BCUT2D eigenvalue weighted by molar-refractivity contribution is 6.35. The highest BCUT2D eigenvalue weighted by atomic mass is 35.5. The van der Waals surface area contributed by atoms with Crippen molar-refractivity contribution in [3.05, 3.63) is 35.5 Å². The summed E-state index contributed by atoms with van der Waals surface area (Å²) in [6.07, 6.45) is 3.03. The lowest BCUT2D eigenvalue weighted by Crippen LogP contribution is -2.26. The van der Waals surface area contributed by atoms with E-state index in [0.717, 1.165) is 23.0 Å². The number of pyridine rings is 1. The lowest BCUT2D eigenvalue weighted by Gasteiger charge is -2.18. The molecule has 4 N–H and O–H groups in total. The summed E-state index contributed by atoms with van der Waals surface area (Å²) in [6, 6.07) is 7.58. The zero-order valence-corrected chi connectivity index (χ0v) is 11.9. The number of halogens is 1. The van der Waals surface area contributed by atoms with Crippen molar-refractivity contribution >= 4 is 34.0 Å². The van der Waals surface area contributed by atoms with Crippen LogP contribution >= 0.6 is 11.6 Å². The van der Waals surface area contributed by atoms with Crippen LogP contribution in [0.5, 0.6) is 0 Å². The van der Waals surface area contributed by atoms with E-state index in [1.54, 1.807) is 6.20 Å². The van der Waals surface area contributed by atoms with E-state index >= 15 is 0 Å². The zero-order chi connectivity index (χ0) is 14.5. The lowest BCUT2D eigenvalue weighted by atomic mass is 10.1. The smallest absolute Gasteiger partial charge is 0.141 e. The van der Waals surface area contributed by atoms with E-state index in [4.69, 9.17) is 22.5 Å². The number of amidine groups is 1. The van der Waals surface area contributed by atoms with Gasteiger partial charge < -0.3 is 16.3 Å². The van der Waals surface area contributed by atoms with Crippen molar-refractivity contribution in [1.29, 1.82) is 0 Å². The molecule has 0 radical (unpaired) electrons. The topological polar surface area (TPSA) is 83.5 Å². The van der Waals surface area contributed by atoms with Gasteiger partial charge in [0.15, 0.2) is 0 Å². The molecule has 1 heterocycles. The minimum atomic E-state index is 0.0669. The summed E-state index contributed by atoms with van der Waals surface area (Å²) >= 11 is 6.17. The first-order valence-corrected chi connectivity index (χ1v) is 6.79. The second kappa shape index (κ2) is 6.43. The summed E-state index contributed by atoms with van der Waals surface area (Å²) in [5.41, 5.74) is 7.27. The Hall–Kier alpha value is -2.01. The van der Waals surface area contributed by atoms with E-state index in [0.29, 0.717) is 11.4 Å². The Kier molecular flexibility index (Phi) is 4.63. The molecule has 0 aliphatic rings. The van der Waals surface area contributed by atoms with Gasteiger partial charge >= 0.3 is 0 Å². The Labute approximate surface area is 122 Å². The van der Waals surface area contributed by atoms with Crippen molar-refractivity contribution in [3.63, 3.8) is 0 Å². The number of oxime groups is 1. The van der Waals surface area contributed by atoms with Crippen LogP contribution in [0.4, 0.5) is 5.69 Å². The third-order valence-electron chi connectivity index (χ3n) is 3.15. The summed E-state index contributed by atoms with van der Waals surface area (Å²) < 4.78 is 0. The number of fused-ring (bicyclic) bond motifs is 1. The Morgan fingerprint density at radius 1 is 1.50 bits per heavy atom. The first kappa shape index (κ1) is 14.4. The average molecular weight is 293 g/mol. The molecule has 0 saturated carbocycles. The predicted octanol–water partition coefficient (Wildman–Crippen LogP) is 3.22. The van der Waals surface area contributed by atoms with Crippen LogP contribution in [0.15, 0.2) is 35.6 Å². The van der Waals surface area contributed by atoms with E-state index in [9.17, 15) is 0 Å². The number of aromatic nitrogens is 1. The number of anilines is 1. The minimum Gasteiger partial charge on any atom is -0.409 e. The summed E-state index contributed by atoms with van der Waals surface area (Å²) in [6.45, 7) is 2.04. The number of hydrogen-bond acceptors (Lipinski definition) is 4. The van der Waals surface area contributed by atoms with Gasteiger partial charge in [0.05, 0.1) is 16.2 Å². The van der Waals surface area contributed by atoms with Gasteiger partial charge in [-0.25, -0.2) is 0 Å². The zero-order valence-electron chi connectivity index (χ0n) is 11.2. The second-order valence-electron chi connectivity index (χ2n) is 4.54. The van der Waals surface area contributed by atoms with Crippen LogP contribution < -0.4 is 11.1 Å². The molecule has 1 atom stereocenters. The minimum absolute atomic E-state index is 0.0669. The van der Waals surface area contributed by atoms with Gasteiger partial charge in [-0.2, -0.15) is 0 Å². The molecule has 0 spiro atoms. The van der Waals surface area contributed by atoms with Gasteiger partial charge in [0.1, 0.15) is 5.84 Å². The molecule has 0 aliphatic carbocycles. The number of benzene rings is 1. The van der Waals surface area contributed by atoms with Crippen LogP contribution in [0.1, 0.15) is 19.8 Å². The van der Waals surface area contributed by atoms with Crippen molar-refractivity contribution in [3.8, 4) is 0 Å². The maximum Gasteiger partial charge on any atom is 0.141 e. The standard InChI is InChI=1S/C14H17ClN4O/c1-2-9(8-13(16)19-20)18-12-6-5-11(15)10-4-3-7-17-14(10)12/h3-7,9,18,20H,2,8H2,1H3,(H2,16,19). The molecule has 2 rings (SSSR count). The molecule has 0 saturated heterocycles. The summed E-state index contributed by atoms with van der Waals surface area (Å²) in [7, 11) is 0. The molecule has 5 nitrogen and oxygen atoms in total. The van der Waals surface area contributed by atoms with Crippen LogP contribution in [-0.2, 0) is 0 Å². The molecule has 0 fully saturated rings. The largest absolute Gasteiger partial charge is 0.409 e. The number of nitrogens with two attached hydrogens (primary N) is 1. The fourth-order valence-electron chi connectivity index (χ4n) is 2.06. The lowest BCUT2D eigenvalue weighted by molar-refractivity contribution is 0.316. The van der Waals surface area contributed by atoms with Crippen LogP contribution in [0.3, 0.4) is 0 Å². The van der Waals surface area contributed by atoms with Gasteiger partial charge in [0.25, 0.3) is 0 Å². The van der Waals surface area contributed by atoms with Gasteiger partial charge in [-0.05, 0) is 30.7 Å². The first-order chi connectivity index (χ1) is 9.65. The molecule has 0 aliphatic heterocycles. The molecule has 0 amide bonds.